The molecule has 0 atom stereocenters. The van der Waals surface area contributed by atoms with E-state index >= 15 is 0 Å². The minimum atomic E-state index is -1.15. The normalized spacial score (nSPS) is 14.6. The van der Waals surface area contributed by atoms with Crippen molar-refractivity contribution in [3.8, 4) is 0 Å². The van der Waals surface area contributed by atoms with Gasteiger partial charge in [0, 0.05) is 25.5 Å². The van der Waals surface area contributed by atoms with Crippen molar-refractivity contribution in [3.63, 3.8) is 0 Å². The average molecular weight is 326 g/mol. The lowest BCUT2D eigenvalue weighted by Gasteiger charge is -2.24. The molecule has 2 rings (SSSR count). The van der Waals surface area contributed by atoms with Crippen LogP contribution in [0.3, 0.4) is 0 Å². The second-order valence-corrected chi connectivity index (χ2v) is 5.25. The molecule has 1 aromatic heterocycles. The highest BCUT2D eigenvalue weighted by atomic mass is 35.5. The van der Waals surface area contributed by atoms with Gasteiger partial charge in [-0.2, -0.15) is 0 Å². The molecule has 2 N–H and O–H groups in total. The van der Waals surface area contributed by atoms with E-state index in [0.29, 0.717) is 17.3 Å². The molecule has 0 fully saturated rings. The third-order valence-corrected chi connectivity index (χ3v) is 3.38. The first kappa shape index (κ1) is 15.4. The lowest BCUT2D eigenvalue weighted by atomic mass is 10.1. The van der Waals surface area contributed by atoms with Crippen molar-refractivity contribution >= 4 is 34.9 Å². The van der Waals surface area contributed by atoms with Gasteiger partial charge in [0.15, 0.2) is 5.69 Å². The van der Waals surface area contributed by atoms with Crippen molar-refractivity contribution < 1.29 is 9.90 Å². The van der Waals surface area contributed by atoms with Crippen molar-refractivity contribution in [2.45, 2.75) is 0 Å². The third-order valence-electron chi connectivity index (χ3n) is 2.96. The summed E-state index contributed by atoms with van der Waals surface area (Å²) in [6.07, 6.45) is 3.53. The molecule has 0 amide bonds. The number of anilines is 1. The number of allylic oxidation sites excluding steroid dienone is 2. The van der Waals surface area contributed by atoms with E-state index in [1.807, 2.05) is 7.05 Å². The Morgan fingerprint density at radius 1 is 1.48 bits per heavy atom. The quantitative estimate of drug-likeness (QED) is 0.831. The maximum Gasteiger partial charge on any atom is 0.356 e. The lowest BCUT2D eigenvalue weighted by Crippen LogP contribution is -2.20. The summed E-state index contributed by atoms with van der Waals surface area (Å²) in [6.45, 7) is 4.33. The zero-order chi connectivity index (χ0) is 15.6. The molecule has 0 spiro atoms. The molecule has 1 aliphatic heterocycles. The first-order valence-electron chi connectivity index (χ1n) is 6.02. The molecule has 5 nitrogen and oxygen atoms in total. The fourth-order valence-corrected chi connectivity index (χ4v) is 2.29. The predicted octanol–water partition coefficient (Wildman–Crippen LogP) is 3.31. The first-order valence-corrected chi connectivity index (χ1v) is 6.78. The lowest BCUT2D eigenvalue weighted by molar-refractivity contribution is 0.0691. The number of pyridine rings is 1. The van der Waals surface area contributed by atoms with E-state index in [9.17, 15) is 4.79 Å². The summed E-state index contributed by atoms with van der Waals surface area (Å²) in [5.74, 6) is -1.15. The van der Waals surface area contributed by atoms with Gasteiger partial charge in [-0.3, -0.25) is 0 Å². The Kier molecular flexibility index (Phi) is 4.55. The Labute approximate surface area is 132 Å². The van der Waals surface area contributed by atoms with Crippen LogP contribution >= 0.6 is 23.2 Å². The third kappa shape index (κ3) is 3.56. The summed E-state index contributed by atoms with van der Waals surface area (Å²) in [6, 6.07) is 3.10. The van der Waals surface area contributed by atoms with Gasteiger partial charge in [-0.05, 0) is 23.8 Å². The van der Waals surface area contributed by atoms with Gasteiger partial charge >= 0.3 is 5.97 Å². The number of hydrogen-bond acceptors (Lipinski definition) is 4. The number of rotatable bonds is 4. The number of nitrogens with one attached hydrogen (secondary N) is 1. The Balaban J connectivity index is 2.19. The minimum Gasteiger partial charge on any atom is -0.476 e. The molecule has 21 heavy (non-hydrogen) atoms. The fourth-order valence-electron chi connectivity index (χ4n) is 1.86. The number of likely N-dealkylation sites (N-methyl/N-ethyl adjacent to an activating group) is 1. The number of carbonyl (C=O) groups is 1. The van der Waals surface area contributed by atoms with Crippen LogP contribution in [0, 0.1) is 0 Å². The number of nitrogens with zero attached hydrogens (tertiary/aromatic N) is 2. The van der Waals surface area contributed by atoms with Crippen LogP contribution in [-0.4, -0.2) is 34.6 Å². The van der Waals surface area contributed by atoms with Gasteiger partial charge < -0.3 is 15.3 Å². The van der Waals surface area contributed by atoms with Crippen LogP contribution < -0.4 is 5.32 Å². The van der Waals surface area contributed by atoms with Crippen LogP contribution in [0.25, 0.3) is 0 Å². The molecule has 0 unspecified atom stereocenters. The van der Waals surface area contributed by atoms with Crippen molar-refractivity contribution in [2.24, 2.45) is 0 Å². The van der Waals surface area contributed by atoms with E-state index in [2.05, 4.69) is 16.9 Å². The highest BCUT2D eigenvalue weighted by Gasteiger charge is 2.16. The number of carboxylic acid groups (broad SMARTS) is 1. The van der Waals surface area contributed by atoms with E-state index in [0.717, 1.165) is 11.3 Å². The summed E-state index contributed by atoms with van der Waals surface area (Å²) in [5.41, 5.74) is 1.90. The Bertz CT molecular complexity index is 668. The Morgan fingerprint density at radius 2 is 2.19 bits per heavy atom. The van der Waals surface area contributed by atoms with Gasteiger partial charge in [0.25, 0.3) is 0 Å². The molecule has 1 aliphatic rings. The van der Waals surface area contributed by atoms with Gasteiger partial charge in [0.1, 0.15) is 5.15 Å². The number of aromatic nitrogens is 1. The smallest absolute Gasteiger partial charge is 0.356 e. The molecular weight excluding hydrogens is 313 g/mol. The zero-order valence-corrected chi connectivity index (χ0v) is 12.7. The number of carboxylic acids is 1. The maximum absolute atomic E-state index is 11.2. The van der Waals surface area contributed by atoms with Crippen LogP contribution in [0.2, 0.25) is 5.15 Å². The molecule has 0 bridgehead atoms. The minimum absolute atomic E-state index is 0.125. The summed E-state index contributed by atoms with van der Waals surface area (Å²) < 4.78 is 0. The zero-order valence-electron chi connectivity index (χ0n) is 11.2. The van der Waals surface area contributed by atoms with Crippen LogP contribution in [0.5, 0.6) is 0 Å². The maximum atomic E-state index is 11.2. The molecule has 0 aromatic carbocycles. The average Bonchev–Trinajstić information content (AvgIpc) is 2.42. The number of aromatic carboxylic acids is 1. The van der Waals surface area contributed by atoms with E-state index < -0.39 is 5.97 Å². The summed E-state index contributed by atoms with van der Waals surface area (Å²) in [4.78, 5) is 16.8. The molecular formula is C14H13Cl2N3O2. The predicted molar refractivity (Wildman–Crippen MR) is 83.6 cm³/mol. The Morgan fingerprint density at radius 3 is 2.86 bits per heavy atom. The van der Waals surface area contributed by atoms with Crippen LogP contribution in [0.1, 0.15) is 10.5 Å². The number of hydrogen-bond donors (Lipinski definition) is 2. The molecule has 7 heteroatoms. The molecule has 0 aliphatic carbocycles. The van der Waals surface area contributed by atoms with E-state index in [1.54, 1.807) is 23.2 Å². The standard InChI is InChI=1S/C14H13Cl2N3O2/c1-8-9(5-10(15)7-19(8)2)6-17-11-3-4-12(16)18-13(11)14(20)21/h3-5,7,17H,1,6H2,2H3,(H,20,21). The first-order chi connectivity index (χ1) is 9.88. The van der Waals surface area contributed by atoms with Gasteiger partial charge in [-0.25, -0.2) is 9.78 Å². The molecule has 0 saturated heterocycles. The van der Waals surface area contributed by atoms with Crippen molar-refractivity contribution in [2.75, 3.05) is 18.9 Å². The highest BCUT2D eigenvalue weighted by molar-refractivity contribution is 6.31. The SMILES string of the molecule is C=C1C(CNc2ccc(Cl)nc2C(=O)O)=CC(Cl)=CN1C. The molecule has 0 saturated carbocycles. The summed E-state index contributed by atoms with van der Waals surface area (Å²) >= 11 is 11.7. The van der Waals surface area contributed by atoms with E-state index in [4.69, 9.17) is 28.3 Å². The van der Waals surface area contributed by atoms with Gasteiger partial charge in [0.2, 0.25) is 0 Å². The Hall–Kier alpha value is -1.98. The van der Waals surface area contributed by atoms with Crippen molar-refractivity contribution in [1.29, 1.82) is 0 Å². The molecule has 110 valence electrons. The second-order valence-electron chi connectivity index (χ2n) is 4.43. The number of halogens is 2. The second kappa shape index (κ2) is 6.20. The van der Waals surface area contributed by atoms with Gasteiger partial charge in [-0.1, -0.05) is 29.8 Å². The molecule has 2 heterocycles. The largest absolute Gasteiger partial charge is 0.476 e. The van der Waals surface area contributed by atoms with E-state index in [-0.39, 0.29) is 10.8 Å². The summed E-state index contributed by atoms with van der Waals surface area (Å²) in [7, 11) is 1.84. The van der Waals surface area contributed by atoms with Crippen molar-refractivity contribution in [1.82, 2.24) is 9.88 Å². The van der Waals surface area contributed by atoms with Crippen molar-refractivity contribution in [3.05, 3.63) is 58.1 Å². The van der Waals surface area contributed by atoms with Crippen LogP contribution in [-0.2, 0) is 0 Å². The highest BCUT2D eigenvalue weighted by Crippen LogP contribution is 2.24. The van der Waals surface area contributed by atoms with Crippen LogP contribution in [0.15, 0.2) is 47.3 Å². The summed E-state index contributed by atoms with van der Waals surface area (Å²) in [5, 5.41) is 12.9. The fraction of sp³-hybridized carbons (Fsp3) is 0.143. The van der Waals surface area contributed by atoms with E-state index in [1.165, 1.54) is 6.07 Å². The van der Waals surface area contributed by atoms with Crippen LogP contribution in [0.4, 0.5) is 5.69 Å². The monoisotopic (exact) mass is 325 g/mol. The molecule has 0 radical (unpaired) electrons. The topological polar surface area (TPSA) is 65.5 Å². The van der Waals surface area contributed by atoms with Gasteiger partial charge in [-0.15, -0.1) is 0 Å². The molecule has 1 aromatic rings. The van der Waals surface area contributed by atoms with Gasteiger partial charge in [0.05, 0.1) is 10.7 Å².